The van der Waals surface area contributed by atoms with Crippen LogP contribution < -0.4 is 16.4 Å². The van der Waals surface area contributed by atoms with Gasteiger partial charge in [-0.1, -0.05) is 12.1 Å². The van der Waals surface area contributed by atoms with Gasteiger partial charge in [-0.05, 0) is 83.4 Å². The Hall–Kier alpha value is -2.65. The molecule has 182 valence electrons. The van der Waals surface area contributed by atoms with Gasteiger partial charge in [0.05, 0.1) is 12.0 Å². The Morgan fingerprint density at radius 3 is 2.58 bits per heavy atom. The van der Waals surface area contributed by atoms with E-state index in [0.717, 1.165) is 37.8 Å². The van der Waals surface area contributed by atoms with E-state index in [9.17, 15) is 19.5 Å². The fraction of sp³-hybridized carbons (Fsp3) is 0.625. The normalized spacial score (nSPS) is 24.7. The molecule has 0 radical (unpaired) electrons. The second-order valence-corrected chi connectivity index (χ2v) is 9.29. The predicted molar refractivity (Wildman–Crippen MR) is 125 cm³/mol. The summed E-state index contributed by atoms with van der Waals surface area (Å²) in [5.74, 6) is -0.940. The summed E-state index contributed by atoms with van der Waals surface area (Å²) in [4.78, 5) is 43.2. The van der Waals surface area contributed by atoms with Crippen molar-refractivity contribution in [3.63, 3.8) is 0 Å². The molecule has 33 heavy (non-hydrogen) atoms. The molecule has 3 amide bonds. The van der Waals surface area contributed by atoms with Gasteiger partial charge in [0.2, 0.25) is 17.7 Å². The van der Waals surface area contributed by atoms with Crippen LogP contribution in [-0.4, -0.2) is 78.4 Å². The van der Waals surface area contributed by atoms with Gasteiger partial charge < -0.3 is 31.3 Å². The van der Waals surface area contributed by atoms with Crippen LogP contribution in [0.15, 0.2) is 24.3 Å². The number of unbranched alkanes of at least 4 members (excludes halogenated alkanes) is 2. The van der Waals surface area contributed by atoms with E-state index in [1.807, 2.05) is 14.1 Å². The summed E-state index contributed by atoms with van der Waals surface area (Å²) in [6.45, 7) is 2.04. The van der Waals surface area contributed by atoms with Crippen molar-refractivity contribution in [2.75, 3.05) is 33.7 Å². The van der Waals surface area contributed by atoms with Crippen LogP contribution in [0.3, 0.4) is 0 Å². The van der Waals surface area contributed by atoms with E-state index in [1.165, 1.54) is 0 Å². The van der Waals surface area contributed by atoms with Crippen molar-refractivity contribution in [3.8, 4) is 5.75 Å². The summed E-state index contributed by atoms with van der Waals surface area (Å²) >= 11 is 0. The zero-order chi connectivity index (χ0) is 24.0. The van der Waals surface area contributed by atoms with Gasteiger partial charge in [-0.25, -0.2) is 0 Å². The molecule has 4 atom stereocenters. The van der Waals surface area contributed by atoms with E-state index in [-0.39, 0.29) is 29.9 Å². The van der Waals surface area contributed by atoms with E-state index in [1.54, 1.807) is 29.2 Å². The van der Waals surface area contributed by atoms with Crippen LogP contribution >= 0.6 is 0 Å². The molecule has 0 aliphatic carbocycles. The van der Waals surface area contributed by atoms with E-state index < -0.39 is 24.0 Å². The molecule has 0 unspecified atom stereocenters. The molecule has 0 aromatic heterocycles. The second kappa shape index (κ2) is 11.5. The molecule has 3 rings (SSSR count). The number of piperazine rings is 1. The standard InChI is InChI=1S/C24H37N5O4/c1-28(2)14-6-5-13-26-22(31)18-15-20-23(32)27-19(7-3-4-12-25)24(33)29(20)21(18)16-8-10-17(30)11-9-16/h8-11,18-21,30H,3-7,12-15,25H2,1-2H3,(H,26,31)(H,27,32)/t18-,19-,20-,21-/m0/s1. The van der Waals surface area contributed by atoms with Crippen LogP contribution in [0.25, 0.3) is 0 Å². The van der Waals surface area contributed by atoms with Gasteiger partial charge in [0, 0.05) is 6.54 Å². The molecule has 5 N–H and O–H groups in total. The lowest BCUT2D eigenvalue weighted by Crippen LogP contribution is -2.61. The zero-order valence-corrected chi connectivity index (χ0v) is 19.6. The Morgan fingerprint density at radius 2 is 1.91 bits per heavy atom. The van der Waals surface area contributed by atoms with E-state index in [0.29, 0.717) is 19.5 Å². The Kier molecular flexibility index (Phi) is 8.68. The van der Waals surface area contributed by atoms with Gasteiger partial charge in [-0.2, -0.15) is 0 Å². The summed E-state index contributed by atoms with van der Waals surface area (Å²) in [7, 11) is 4.03. The molecule has 2 heterocycles. The number of fused-ring (bicyclic) bond motifs is 1. The highest BCUT2D eigenvalue weighted by Gasteiger charge is 2.54. The molecular formula is C24H37N5O4. The lowest BCUT2D eigenvalue weighted by atomic mass is 9.92. The molecule has 0 spiro atoms. The number of phenolic OH excluding ortho intramolecular Hbond substituents is 1. The number of nitrogens with two attached hydrogens (primary N) is 1. The van der Waals surface area contributed by atoms with Crippen LogP contribution in [0, 0.1) is 5.92 Å². The first-order chi connectivity index (χ1) is 15.8. The Morgan fingerprint density at radius 1 is 1.18 bits per heavy atom. The second-order valence-electron chi connectivity index (χ2n) is 9.29. The maximum absolute atomic E-state index is 13.4. The van der Waals surface area contributed by atoms with Crippen molar-refractivity contribution in [1.29, 1.82) is 0 Å². The first kappa shape index (κ1) is 25.0. The monoisotopic (exact) mass is 459 g/mol. The Bertz CT molecular complexity index is 829. The van der Waals surface area contributed by atoms with E-state index in [4.69, 9.17) is 5.73 Å². The highest BCUT2D eigenvalue weighted by Crippen LogP contribution is 2.43. The van der Waals surface area contributed by atoms with E-state index in [2.05, 4.69) is 15.5 Å². The largest absolute Gasteiger partial charge is 0.508 e. The Labute approximate surface area is 195 Å². The third-order valence-corrected chi connectivity index (χ3v) is 6.52. The van der Waals surface area contributed by atoms with Crippen LogP contribution in [-0.2, 0) is 14.4 Å². The summed E-state index contributed by atoms with van der Waals surface area (Å²) in [6.07, 6.45) is 4.16. The molecule has 2 aliphatic heterocycles. The van der Waals surface area contributed by atoms with Crippen molar-refractivity contribution in [3.05, 3.63) is 29.8 Å². The number of rotatable bonds is 11. The first-order valence-electron chi connectivity index (χ1n) is 11.9. The fourth-order valence-corrected chi connectivity index (χ4v) is 4.80. The maximum atomic E-state index is 13.4. The van der Waals surface area contributed by atoms with Gasteiger partial charge in [0.15, 0.2) is 0 Å². The summed E-state index contributed by atoms with van der Waals surface area (Å²) in [5.41, 5.74) is 6.32. The minimum absolute atomic E-state index is 0.109. The van der Waals surface area contributed by atoms with Crippen molar-refractivity contribution in [2.45, 2.75) is 56.7 Å². The number of nitrogens with one attached hydrogen (secondary N) is 2. The number of amides is 3. The third-order valence-electron chi connectivity index (χ3n) is 6.52. The highest BCUT2D eigenvalue weighted by molar-refractivity contribution is 5.99. The molecule has 0 saturated carbocycles. The van der Waals surface area contributed by atoms with Gasteiger partial charge in [-0.3, -0.25) is 14.4 Å². The number of nitrogens with zero attached hydrogens (tertiary/aromatic N) is 2. The van der Waals surface area contributed by atoms with Crippen LogP contribution in [0.2, 0.25) is 0 Å². The molecule has 1 aromatic rings. The number of benzene rings is 1. The molecular weight excluding hydrogens is 422 g/mol. The van der Waals surface area contributed by atoms with Crippen molar-refractivity contribution >= 4 is 17.7 Å². The summed E-state index contributed by atoms with van der Waals surface area (Å²) in [5, 5.41) is 15.6. The summed E-state index contributed by atoms with van der Waals surface area (Å²) < 4.78 is 0. The third kappa shape index (κ3) is 6.03. The maximum Gasteiger partial charge on any atom is 0.246 e. The number of hydrogen-bond donors (Lipinski definition) is 4. The lowest BCUT2D eigenvalue weighted by molar-refractivity contribution is -0.149. The quantitative estimate of drug-likeness (QED) is 0.361. The Balaban J connectivity index is 1.79. The average molecular weight is 460 g/mol. The van der Waals surface area contributed by atoms with Gasteiger partial charge in [0.1, 0.15) is 17.8 Å². The minimum atomic E-state index is -0.674. The van der Waals surface area contributed by atoms with Crippen molar-refractivity contribution in [1.82, 2.24) is 20.4 Å². The number of phenols is 1. The van der Waals surface area contributed by atoms with Gasteiger partial charge >= 0.3 is 0 Å². The molecule has 9 nitrogen and oxygen atoms in total. The van der Waals surface area contributed by atoms with E-state index >= 15 is 0 Å². The van der Waals surface area contributed by atoms with Crippen LogP contribution in [0.5, 0.6) is 5.75 Å². The number of carbonyl (C=O) groups is 3. The first-order valence-corrected chi connectivity index (χ1v) is 11.9. The number of carbonyl (C=O) groups excluding carboxylic acids is 3. The molecule has 0 bridgehead atoms. The highest BCUT2D eigenvalue weighted by atomic mass is 16.3. The van der Waals surface area contributed by atoms with Gasteiger partial charge in [-0.15, -0.1) is 0 Å². The van der Waals surface area contributed by atoms with Crippen LogP contribution in [0.4, 0.5) is 0 Å². The molecule has 9 heteroatoms. The SMILES string of the molecule is CN(C)CCCCNC(=O)[C@H]1C[C@H]2C(=O)N[C@@H](CCCCN)C(=O)N2[C@H]1c1ccc(O)cc1. The fourth-order valence-electron chi connectivity index (χ4n) is 4.80. The number of hydrogen-bond acceptors (Lipinski definition) is 6. The molecule has 1 aromatic carbocycles. The van der Waals surface area contributed by atoms with Crippen molar-refractivity contribution < 1.29 is 19.5 Å². The van der Waals surface area contributed by atoms with Crippen molar-refractivity contribution in [2.24, 2.45) is 11.7 Å². The van der Waals surface area contributed by atoms with Gasteiger partial charge in [0.25, 0.3) is 0 Å². The topological polar surface area (TPSA) is 128 Å². The molecule has 2 fully saturated rings. The molecule has 2 aliphatic rings. The van der Waals surface area contributed by atoms with Crippen LogP contribution in [0.1, 0.15) is 50.1 Å². The number of aromatic hydroxyl groups is 1. The summed E-state index contributed by atoms with van der Waals surface area (Å²) in [6, 6.07) is 4.72. The predicted octanol–water partition coefficient (Wildman–Crippen LogP) is 0.736. The molecule has 2 saturated heterocycles. The average Bonchev–Trinajstić information content (AvgIpc) is 3.19. The minimum Gasteiger partial charge on any atom is -0.508 e. The zero-order valence-electron chi connectivity index (χ0n) is 19.6. The smallest absolute Gasteiger partial charge is 0.246 e. The lowest BCUT2D eigenvalue weighted by Gasteiger charge is -2.38.